The molecule has 2 N–H and O–H groups in total. The minimum Gasteiger partial charge on any atom is -0.497 e. The number of aromatic nitrogens is 2. The quantitative estimate of drug-likeness (QED) is 0.781. The van der Waals surface area contributed by atoms with Gasteiger partial charge in [0.25, 0.3) is 5.56 Å². The Hall–Kier alpha value is -2.66. The molecule has 0 amide bonds. The third kappa shape index (κ3) is 2.90. The lowest BCUT2D eigenvalue weighted by atomic mass is 10.2. The van der Waals surface area contributed by atoms with Gasteiger partial charge in [-0.05, 0) is 50.2 Å². The second kappa shape index (κ2) is 6.84. The standard InChI is InChI=1S/C19H21N3O2/c1-4-20-13(2)18-21-17-8-6-5-7-16(17)19(23)22(18)14-9-11-15(24-3)12-10-14/h5-13,20H,4H2,1-3H3/p+1/t13-/m1/s1. The molecule has 124 valence electrons. The summed E-state index contributed by atoms with van der Waals surface area (Å²) in [6, 6.07) is 15.0. The summed E-state index contributed by atoms with van der Waals surface area (Å²) in [4.78, 5) is 17.9. The highest BCUT2D eigenvalue weighted by Gasteiger charge is 2.19. The van der Waals surface area contributed by atoms with Gasteiger partial charge in [0.05, 0.1) is 30.2 Å². The smallest absolute Gasteiger partial charge is 0.266 e. The summed E-state index contributed by atoms with van der Waals surface area (Å²) >= 11 is 0. The van der Waals surface area contributed by atoms with E-state index in [9.17, 15) is 4.79 Å². The second-order valence-electron chi connectivity index (χ2n) is 5.76. The van der Waals surface area contributed by atoms with Crippen LogP contribution in [-0.2, 0) is 0 Å². The van der Waals surface area contributed by atoms with Crippen LogP contribution in [0.5, 0.6) is 5.75 Å². The molecule has 3 aromatic rings. The summed E-state index contributed by atoms with van der Waals surface area (Å²) in [5, 5.41) is 2.79. The molecule has 5 nitrogen and oxygen atoms in total. The molecule has 0 saturated carbocycles. The average Bonchev–Trinajstić information content (AvgIpc) is 2.62. The van der Waals surface area contributed by atoms with Crippen molar-refractivity contribution in [2.45, 2.75) is 19.9 Å². The molecule has 0 unspecified atom stereocenters. The molecule has 2 aromatic carbocycles. The number of ether oxygens (including phenoxy) is 1. The van der Waals surface area contributed by atoms with Crippen molar-refractivity contribution in [2.75, 3.05) is 13.7 Å². The summed E-state index contributed by atoms with van der Waals surface area (Å²) in [7, 11) is 1.63. The molecule has 0 aliphatic heterocycles. The van der Waals surface area contributed by atoms with Gasteiger partial charge >= 0.3 is 0 Å². The van der Waals surface area contributed by atoms with Crippen molar-refractivity contribution in [2.24, 2.45) is 0 Å². The van der Waals surface area contributed by atoms with E-state index >= 15 is 0 Å². The third-order valence-electron chi connectivity index (χ3n) is 4.13. The fourth-order valence-electron chi connectivity index (χ4n) is 2.90. The van der Waals surface area contributed by atoms with Crippen LogP contribution in [0.4, 0.5) is 0 Å². The van der Waals surface area contributed by atoms with Crippen LogP contribution in [-0.4, -0.2) is 23.2 Å². The molecule has 5 heteroatoms. The molecule has 0 radical (unpaired) electrons. The lowest BCUT2D eigenvalue weighted by Crippen LogP contribution is -2.84. The fourth-order valence-corrected chi connectivity index (χ4v) is 2.90. The number of nitrogens with two attached hydrogens (primary N) is 1. The van der Waals surface area contributed by atoms with Gasteiger partial charge in [-0.15, -0.1) is 0 Å². The van der Waals surface area contributed by atoms with E-state index in [1.54, 1.807) is 11.7 Å². The maximum Gasteiger partial charge on any atom is 0.266 e. The molecular weight excluding hydrogens is 302 g/mol. The number of nitrogens with zero attached hydrogens (tertiary/aromatic N) is 2. The van der Waals surface area contributed by atoms with Crippen LogP contribution in [0, 0.1) is 0 Å². The Morgan fingerprint density at radius 1 is 1.17 bits per heavy atom. The van der Waals surface area contributed by atoms with Gasteiger partial charge in [-0.1, -0.05) is 12.1 Å². The molecule has 0 aliphatic rings. The first-order valence-corrected chi connectivity index (χ1v) is 8.15. The van der Waals surface area contributed by atoms with Gasteiger partial charge in [-0.25, -0.2) is 4.98 Å². The lowest BCUT2D eigenvalue weighted by molar-refractivity contribution is -0.691. The van der Waals surface area contributed by atoms with E-state index < -0.39 is 0 Å². The van der Waals surface area contributed by atoms with E-state index in [0.717, 1.165) is 29.3 Å². The second-order valence-corrected chi connectivity index (χ2v) is 5.76. The number of hydrogen-bond acceptors (Lipinski definition) is 3. The number of fused-ring (bicyclic) bond motifs is 1. The van der Waals surface area contributed by atoms with Crippen LogP contribution in [0.25, 0.3) is 16.6 Å². The first-order valence-electron chi connectivity index (χ1n) is 8.15. The van der Waals surface area contributed by atoms with Gasteiger partial charge in [-0.2, -0.15) is 0 Å². The van der Waals surface area contributed by atoms with Crippen LogP contribution in [0.2, 0.25) is 0 Å². The lowest BCUT2D eigenvalue weighted by Gasteiger charge is -2.17. The zero-order valence-electron chi connectivity index (χ0n) is 14.2. The first-order chi connectivity index (χ1) is 11.7. The summed E-state index contributed by atoms with van der Waals surface area (Å²) < 4.78 is 6.92. The van der Waals surface area contributed by atoms with E-state index in [1.807, 2.05) is 48.5 Å². The SMILES string of the molecule is CC[NH2+][C@H](C)c1nc2ccccc2c(=O)n1-c1ccc(OC)cc1. The van der Waals surface area contributed by atoms with E-state index in [2.05, 4.69) is 19.2 Å². The highest BCUT2D eigenvalue weighted by Crippen LogP contribution is 2.18. The van der Waals surface area contributed by atoms with Gasteiger partial charge in [-0.3, -0.25) is 9.36 Å². The van der Waals surface area contributed by atoms with Crippen molar-refractivity contribution in [3.63, 3.8) is 0 Å². The van der Waals surface area contributed by atoms with Gasteiger partial charge in [0.1, 0.15) is 11.8 Å². The van der Waals surface area contributed by atoms with Crippen molar-refractivity contribution >= 4 is 10.9 Å². The van der Waals surface area contributed by atoms with Crippen LogP contribution in [0.15, 0.2) is 53.3 Å². The topological polar surface area (TPSA) is 60.7 Å². The van der Waals surface area contributed by atoms with Gasteiger partial charge < -0.3 is 10.1 Å². The van der Waals surface area contributed by atoms with Crippen molar-refractivity contribution in [3.05, 3.63) is 64.7 Å². The third-order valence-corrected chi connectivity index (χ3v) is 4.13. The van der Waals surface area contributed by atoms with Gasteiger partial charge in [0.15, 0.2) is 5.82 Å². The number of hydrogen-bond donors (Lipinski definition) is 1. The molecule has 1 heterocycles. The number of methoxy groups -OCH3 is 1. The van der Waals surface area contributed by atoms with Crippen LogP contribution >= 0.6 is 0 Å². The van der Waals surface area contributed by atoms with E-state index in [4.69, 9.17) is 9.72 Å². The van der Waals surface area contributed by atoms with Crippen LogP contribution in [0.3, 0.4) is 0 Å². The number of quaternary nitrogens is 1. The van der Waals surface area contributed by atoms with Crippen LogP contribution < -0.4 is 15.6 Å². The molecule has 0 spiro atoms. The zero-order valence-corrected chi connectivity index (χ0v) is 14.2. The predicted octanol–water partition coefficient (Wildman–Crippen LogP) is 2.04. The van der Waals surface area contributed by atoms with Gasteiger partial charge in [0.2, 0.25) is 0 Å². The summed E-state index contributed by atoms with van der Waals surface area (Å²) in [5.41, 5.74) is 1.49. The maximum absolute atomic E-state index is 13.1. The zero-order chi connectivity index (χ0) is 17.1. The Morgan fingerprint density at radius 2 is 1.88 bits per heavy atom. The molecule has 3 rings (SSSR count). The minimum atomic E-state index is -0.0443. The average molecular weight is 324 g/mol. The van der Waals surface area contributed by atoms with Crippen LogP contribution in [0.1, 0.15) is 25.7 Å². The van der Waals surface area contributed by atoms with Crippen molar-refractivity contribution in [1.29, 1.82) is 0 Å². The Kier molecular flexibility index (Phi) is 4.62. The maximum atomic E-state index is 13.1. The molecular formula is C19H22N3O2+. The Balaban J connectivity index is 2.27. The number of para-hydroxylation sites is 1. The number of rotatable bonds is 5. The molecule has 0 bridgehead atoms. The Bertz CT molecular complexity index is 901. The summed E-state index contributed by atoms with van der Waals surface area (Å²) in [5.74, 6) is 1.51. The largest absolute Gasteiger partial charge is 0.497 e. The number of benzene rings is 2. The highest BCUT2D eigenvalue weighted by molar-refractivity contribution is 5.77. The van der Waals surface area contributed by atoms with Crippen molar-refractivity contribution in [1.82, 2.24) is 9.55 Å². The molecule has 0 aliphatic carbocycles. The molecule has 1 aromatic heterocycles. The highest BCUT2D eigenvalue weighted by atomic mass is 16.5. The van der Waals surface area contributed by atoms with Gasteiger partial charge in [0, 0.05) is 0 Å². The first kappa shape index (κ1) is 16.2. The van der Waals surface area contributed by atoms with Crippen molar-refractivity contribution in [3.8, 4) is 11.4 Å². The molecule has 1 atom stereocenters. The van der Waals surface area contributed by atoms with E-state index in [0.29, 0.717) is 5.39 Å². The molecule has 0 fully saturated rings. The summed E-state index contributed by atoms with van der Waals surface area (Å²) in [6.45, 7) is 5.08. The van der Waals surface area contributed by atoms with E-state index in [1.165, 1.54) is 0 Å². The Labute approximate surface area is 140 Å². The van der Waals surface area contributed by atoms with Crippen molar-refractivity contribution < 1.29 is 10.1 Å². The normalized spacial score (nSPS) is 12.3. The monoisotopic (exact) mass is 324 g/mol. The Morgan fingerprint density at radius 3 is 2.54 bits per heavy atom. The van der Waals surface area contributed by atoms with E-state index in [-0.39, 0.29) is 11.6 Å². The summed E-state index contributed by atoms with van der Waals surface area (Å²) in [6.07, 6.45) is 0. The molecule has 24 heavy (non-hydrogen) atoms. The minimum absolute atomic E-state index is 0.0443. The predicted molar refractivity (Wildman–Crippen MR) is 94.8 cm³/mol. The molecule has 0 saturated heterocycles. The fraction of sp³-hybridized carbons (Fsp3) is 0.263.